The van der Waals surface area contributed by atoms with Gasteiger partial charge in [-0.25, -0.2) is 0 Å². The number of rotatable bonds is 4. The average molecular weight is 309 g/mol. The molecule has 0 radical (unpaired) electrons. The molecule has 1 aromatic heterocycles. The lowest BCUT2D eigenvalue weighted by Gasteiger charge is -2.08. The molecule has 0 atom stereocenters. The van der Waals surface area contributed by atoms with E-state index in [4.69, 9.17) is 4.74 Å². The maximum Gasteiger partial charge on any atom is 0.273 e. The lowest BCUT2D eigenvalue weighted by molar-refractivity contribution is 0.102. The third-order valence-corrected chi connectivity index (χ3v) is 3.20. The Labute approximate surface area is 132 Å². The second-order valence-corrected chi connectivity index (χ2v) is 4.96. The summed E-state index contributed by atoms with van der Waals surface area (Å²) in [7, 11) is 1.55. The van der Waals surface area contributed by atoms with Gasteiger partial charge in [-0.3, -0.25) is 19.4 Å². The minimum Gasteiger partial charge on any atom is -0.457 e. The fraction of sp³-hybridized carbons (Fsp3) is 0.0588. The number of carbonyl (C=O) groups is 1. The molecule has 6 heteroatoms. The number of nitrogens with zero attached hydrogens (tertiary/aromatic N) is 1. The molecule has 23 heavy (non-hydrogen) atoms. The molecule has 0 aliphatic rings. The summed E-state index contributed by atoms with van der Waals surface area (Å²) in [4.78, 5) is 23.5. The summed E-state index contributed by atoms with van der Waals surface area (Å²) in [6, 6.07) is 17.7. The first kappa shape index (κ1) is 14.6. The molecule has 0 aliphatic carbocycles. The van der Waals surface area contributed by atoms with Gasteiger partial charge in [-0.05, 0) is 24.3 Å². The van der Waals surface area contributed by atoms with E-state index in [-0.39, 0.29) is 17.2 Å². The number of hydrogen-bond donors (Lipinski definition) is 2. The van der Waals surface area contributed by atoms with E-state index in [2.05, 4.69) is 10.4 Å². The van der Waals surface area contributed by atoms with Crippen molar-refractivity contribution in [1.29, 1.82) is 0 Å². The third-order valence-electron chi connectivity index (χ3n) is 3.20. The SMILES string of the molecule is Cn1[nH]c(C(=O)Nc2cccc(Oc3ccccc3)c2)cc1=O. The van der Waals surface area contributed by atoms with Gasteiger partial charge < -0.3 is 10.1 Å². The first-order valence-electron chi connectivity index (χ1n) is 7.02. The number of hydrogen-bond acceptors (Lipinski definition) is 3. The van der Waals surface area contributed by atoms with Crippen LogP contribution in [0, 0.1) is 0 Å². The quantitative estimate of drug-likeness (QED) is 0.778. The topological polar surface area (TPSA) is 76.1 Å². The van der Waals surface area contributed by atoms with E-state index in [0.29, 0.717) is 17.2 Å². The highest BCUT2D eigenvalue weighted by molar-refractivity contribution is 6.02. The van der Waals surface area contributed by atoms with Crippen LogP contribution in [-0.2, 0) is 7.05 Å². The van der Waals surface area contributed by atoms with Gasteiger partial charge in [0.15, 0.2) is 0 Å². The fourth-order valence-corrected chi connectivity index (χ4v) is 2.07. The van der Waals surface area contributed by atoms with Crippen LogP contribution in [0.25, 0.3) is 0 Å². The van der Waals surface area contributed by atoms with E-state index < -0.39 is 0 Å². The molecular weight excluding hydrogens is 294 g/mol. The molecule has 3 aromatic rings. The molecule has 1 amide bonds. The number of carbonyl (C=O) groups excluding carboxylic acids is 1. The van der Waals surface area contributed by atoms with Crippen molar-refractivity contribution in [3.63, 3.8) is 0 Å². The van der Waals surface area contributed by atoms with E-state index in [1.54, 1.807) is 31.3 Å². The maximum atomic E-state index is 12.1. The van der Waals surface area contributed by atoms with Gasteiger partial charge in [0.25, 0.3) is 11.5 Å². The Morgan fingerprint density at radius 1 is 1.04 bits per heavy atom. The standard InChI is InChI=1S/C17H15N3O3/c1-20-16(21)11-15(19-20)17(22)18-12-6-5-9-14(10-12)23-13-7-3-2-4-8-13/h2-11,19H,1H3,(H,18,22). The number of aromatic nitrogens is 2. The largest absolute Gasteiger partial charge is 0.457 e. The average Bonchev–Trinajstić information content (AvgIpc) is 2.88. The van der Waals surface area contributed by atoms with Gasteiger partial charge in [-0.1, -0.05) is 24.3 Å². The number of ether oxygens (including phenoxy) is 1. The molecule has 0 fully saturated rings. The van der Waals surface area contributed by atoms with Gasteiger partial charge in [-0.15, -0.1) is 0 Å². The molecule has 3 rings (SSSR count). The van der Waals surface area contributed by atoms with E-state index in [9.17, 15) is 9.59 Å². The molecule has 1 heterocycles. The van der Waals surface area contributed by atoms with Crippen LogP contribution >= 0.6 is 0 Å². The molecule has 6 nitrogen and oxygen atoms in total. The summed E-state index contributed by atoms with van der Waals surface area (Å²) >= 11 is 0. The number of amides is 1. The van der Waals surface area contributed by atoms with Gasteiger partial charge in [0.1, 0.15) is 17.2 Å². The van der Waals surface area contributed by atoms with Crippen molar-refractivity contribution in [3.8, 4) is 11.5 Å². The zero-order valence-electron chi connectivity index (χ0n) is 12.4. The first-order valence-corrected chi connectivity index (χ1v) is 7.02. The molecule has 0 bridgehead atoms. The van der Waals surface area contributed by atoms with Crippen molar-refractivity contribution in [1.82, 2.24) is 9.78 Å². The van der Waals surface area contributed by atoms with E-state index >= 15 is 0 Å². The number of aromatic amines is 1. The Kier molecular flexibility index (Phi) is 3.97. The molecule has 0 aliphatic heterocycles. The van der Waals surface area contributed by atoms with Crippen LogP contribution in [0.2, 0.25) is 0 Å². The monoisotopic (exact) mass is 309 g/mol. The molecule has 0 saturated heterocycles. The van der Waals surface area contributed by atoms with Crippen molar-refractivity contribution in [3.05, 3.63) is 76.7 Å². The maximum absolute atomic E-state index is 12.1. The minimum atomic E-state index is -0.389. The minimum absolute atomic E-state index is 0.201. The highest BCUT2D eigenvalue weighted by Gasteiger charge is 2.10. The van der Waals surface area contributed by atoms with Crippen molar-refractivity contribution in [2.75, 3.05) is 5.32 Å². The number of anilines is 1. The van der Waals surface area contributed by atoms with Crippen LogP contribution in [0.1, 0.15) is 10.5 Å². The van der Waals surface area contributed by atoms with Crippen molar-refractivity contribution in [2.24, 2.45) is 7.05 Å². The number of para-hydroxylation sites is 1. The number of nitrogens with one attached hydrogen (secondary N) is 2. The molecule has 0 saturated carbocycles. The Balaban J connectivity index is 1.75. The third kappa shape index (κ3) is 3.49. The van der Waals surface area contributed by atoms with Crippen molar-refractivity contribution >= 4 is 11.6 Å². The van der Waals surface area contributed by atoms with E-state index in [1.165, 1.54) is 10.7 Å². The Hall–Kier alpha value is -3.28. The van der Waals surface area contributed by atoms with Crippen LogP contribution in [0.5, 0.6) is 11.5 Å². The van der Waals surface area contributed by atoms with Crippen LogP contribution < -0.4 is 15.6 Å². The zero-order chi connectivity index (χ0) is 16.2. The Morgan fingerprint density at radius 2 is 1.78 bits per heavy atom. The van der Waals surface area contributed by atoms with E-state index in [1.807, 2.05) is 30.3 Å². The highest BCUT2D eigenvalue weighted by Crippen LogP contribution is 2.23. The highest BCUT2D eigenvalue weighted by atomic mass is 16.5. The van der Waals surface area contributed by atoms with Crippen LogP contribution in [0.4, 0.5) is 5.69 Å². The van der Waals surface area contributed by atoms with Crippen molar-refractivity contribution < 1.29 is 9.53 Å². The molecule has 0 spiro atoms. The van der Waals surface area contributed by atoms with Crippen LogP contribution in [0.3, 0.4) is 0 Å². The fourth-order valence-electron chi connectivity index (χ4n) is 2.07. The van der Waals surface area contributed by atoms with Gasteiger partial charge in [0.05, 0.1) is 0 Å². The Bertz CT molecular complexity index is 881. The smallest absolute Gasteiger partial charge is 0.273 e. The second kappa shape index (κ2) is 6.23. The predicted octanol–water partition coefficient (Wildman–Crippen LogP) is 2.76. The second-order valence-electron chi connectivity index (χ2n) is 4.96. The predicted molar refractivity (Wildman–Crippen MR) is 86.9 cm³/mol. The molecule has 0 unspecified atom stereocenters. The Morgan fingerprint density at radius 3 is 2.48 bits per heavy atom. The first-order chi connectivity index (χ1) is 11.1. The summed E-state index contributed by atoms with van der Waals surface area (Å²) in [6.45, 7) is 0. The summed E-state index contributed by atoms with van der Waals surface area (Å²) in [5.41, 5.74) is 0.510. The van der Waals surface area contributed by atoms with Gasteiger partial charge in [0.2, 0.25) is 0 Å². The summed E-state index contributed by atoms with van der Waals surface area (Å²) < 4.78 is 6.96. The normalized spacial score (nSPS) is 10.3. The van der Waals surface area contributed by atoms with Crippen molar-refractivity contribution in [2.45, 2.75) is 0 Å². The number of aryl methyl sites for hydroxylation is 1. The molecule has 2 N–H and O–H groups in total. The number of benzene rings is 2. The zero-order valence-corrected chi connectivity index (χ0v) is 12.4. The van der Waals surface area contributed by atoms with Gasteiger partial charge >= 0.3 is 0 Å². The lowest BCUT2D eigenvalue weighted by atomic mass is 10.3. The lowest BCUT2D eigenvalue weighted by Crippen LogP contribution is -2.13. The van der Waals surface area contributed by atoms with Gasteiger partial charge in [0, 0.05) is 24.9 Å². The van der Waals surface area contributed by atoms with E-state index in [0.717, 1.165) is 0 Å². The number of H-pyrrole nitrogens is 1. The summed E-state index contributed by atoms with van der Waals surface area (Å²) in [5.74, 6) is 0.929. The molecular formula is C17H15N3O3. The van der Waals surface area contributed by atoms with Crippen LogP contribution in [0.15, 0.2) is 65.5 Å². The van der Waals surface area contributed by atoms with Gasteiger partial charge in [-0.2, -0.15) is 0 Å². The summed E-state index contributed by atoms with van der Waals surface area (Å²) in [6.07, 6.45) is 0. The summed E-state index contributed by atoms with van der Waals surface area (Å²) in [5, 5.41) is 5.40. The molecule has 2 aromatic carbocycles. The van der Waals surface area contributed by atoms with Crippen LogP contribution in [-0.4, -0.2) is 15.7 Å². The molecule has 116 valence electrons.